The van der Waals surface area contributed by atoms with Crippen LogP contribution in [0.5, 0.6) is 0 Å². The second-order valence-electron chi connectivity index (χ2n) is 5.97. The number of likely N-dealkylation sites (N-methyl/N-ethyl adjacent to an activating group) is 1. The molecule has 3 heteroatoms. The minimum atomic E-state index is 1.00. The van der Waals surface area contributed by atoms with Crippen molar-refractivity contribution in [1.82, 2.24) is 9.88 Å². The summed E-state index contributed by atoms with van der Waals surface area (Å²) in [6.45, 7) is 8.92. The number of aromatic nitrogens is 1. The third-order valence-corrected chi connectivity index (χ3v) is 4.54. The van der Waals surface area contributed by atoms with Gasteiger partial charge in [-0.3, -0.25) is 4.98 Å². The van der Waals surface area contributed by atoms with Gasteiger partial charge in [-0.2, -0.15) is 0 Å². The van der Waals surface area contributed by atoms with Gasteiger partial charge in [0.05, 0.1) is 5.52 Å². The Bertz CT molecular complexity index is 628. The zero-order valence-electron chi connectivity index (χ0n) is 13.4. The minimum absolute atomic E-state index is 1.00. The third kappa shape index (κ3) is 2.88. The van der Waals surface area contributed by atoms with E-state index >= 15 is 0 Å². The molecule has 1 saturated heterocycles. The van der Waals surface area contributed by atoms with Crippen molar-refractivity contribution in [3.05, 3.63) is 35.5 Å². The fourth-order valence-electron chi connectivity index (χ4n) is 3.08. The normalized spacial score (nSPS) is 16.6. The summed E-state index contributed by atoms with van der Waals surface area (Å²) in [7, 11) is 2.20. The minimum Gasteiger partial charge on any atom is -0.369 e. The van der Waals surface area contributed by atoms with Gasteiger partial charge in [-0.05, 0) is 49.7 Å². The van der Waals surface area contributed by atoms with Crippen LogP contribution in [0.2, 0.25) is 0 Å². The lowest BCUT2D eigenvalue weighted by molar-refractivity contribution is 0.313. The predicted octanol–water partition coefficient (Wildman–Crippen LogP) is 3.11. The van der Waals surface area contributed by atoms with Gasteiger partial charge >= 0.3 is 0 Å². The SMILES string of the molecule is CCc1cc(CC)c2cc(N3CCN(C)CC3)ccc2n1. The van der Waals surface area contributed by atoms with Crippen molar-refractivity contribution >= 4 is 16.6 Å². The number of piperazine rings is 1. The number of benzene rings is 1. The van der Waals surface area contributed by atoms with Crippen molar-refractivity contribution in [1.29, 1.82) is 0 Å². The first-order valence-corrected chi connectivity index (χ1v) is 8.07. The second-order valence-corrected chi connectivity index (χ2v) is 5.97. The number of fused-ring (bicyclic) bond motifs is 1. The molecule has 0 amide bonds. The summed E-state index contributed by atoms with van der Waals surface area (Å²) in [4.78, 5) is 9.66. The molecule has 0 atom stereocenters. The lowest BCUT2D eigenvalue weighted by atomic mass is 10.0. The number of aryl methyl sites for hydroxylation is 2. The molecule has 1 fully saturated rings. The van der Waals surface area contributed by atoms with Crippen LogP contribution in [0.25, 0.3) is 10.9 Å². The first kappa shape index (κ1) is 14.3. The zero-order valence-corrected chi connectivity index (χ0v) is 13.4. The molecule has 21 heavy (non-hydrogen) atoms. The molecule has 1 aromatic carbocycles. The Hall–Kier alpha value is -1.61. The maximum Gasteiger partial charge on any atom is 0.0709 e. The Morgan fingerprint density at radius 3 is 2.43 bits per heavy atom. The Balaban J connectivity index is 1.99. The van der Waals surface area contributed by atoms with Gasteiger partial charge in [0.2, 0.25) is 0 Å². The van der Waals surface area contributed by atoms with E-state index in [1.165, 1.54) is 22.3 Å². The van der Waals surface area contributed by atoms with Crippen LogP contribution in [0.3, 0.4) is 0 Å². The van der Waals surface area contributed by atoms with Gasteiger partial charge < -0.3 is 9.80 Å². The van der Waals surface area contributed by atoms with Crippen LogP contribution in [0.1, 0.15) is 25.1 Å². The lowest BCUT2D eigenvalue weighted by Crippen LogP contribution is -2.44. The molecule has 1 aliphatic rings. The fourth-order valence-corrected chi connectivity index (χ4v) is 3.08. The van der Waals surface area contributed by atoms with Gasteiger partial charge in [-0.15, -0.1) is 0 Å². The largest absolute Gasteiger partial charge is 0.369 e. The number of pyridine rings is 1. The van der Waals surface area contributed by atoms with Gasteiger partial charge in [0.15, 0.2) is 0 Å². The number of hydrogen-bond donors (Lipinski definition) is 0. The Morgan fingerprint density at radius 1 is 1.00 bits per heavy atom. The van der Waals surface area contributed by atoms with Crippen molar-refractivity contribution in [2.24, 2.45) is 0 Å². The van der Waals surface area contributed by atoms with Gasteiger partial charge in [-0.25, -0.2) is 0 Å². The maximum atomic E-state index is 4.77. The van der Waals surface area contributed by atoms with E-state index in [-0.39, 0.29) is 0 Å². The third-order valence-electron chi connectivity index (χ3n) is 4.54. The van der Waals surface area contributed by atoms with Crippen LogP contribution in [0.4, 0.5) is 5.69 Å². The second kappa shape index (κ2) is 6.02. The molecule has 3 rings (SSSR count). The molecule has 112 valence electrons. The number of anilines is 1. The highest BCUT2D eigenvalue weighted by molar-refractivity contribution is 5.86. The molecule has 1 aliphatic heterocycles. The molecule has 0 aliphatic carbocycles. The van der Waals surface area contributed by atoms with Crippen LogP contribution >= 0.6 is 0 Å². The highest BCUT2D eigenvalue weighted by Crippen LogP contribution is 2.26. The number of hydrogen-bond acceptors (Lipinski definition) is 3. The van der Waals surface area contributed by atoms with E-state index in [2.05, 4.69) is 55.0 Å². The highest BCUT2D eigenvalue weighted by Gasteiger charge is 2.15. The molecule has 2 aromatic rings. The summed E-state index contributed by atoms with van der Waals surface area (Å²) in [6.07, 6.45) is 2.07. The van der Waals surface area contributed by atoms with Crippen molar-refractivity contribution < 1.29 is 0 Å². The van der Waals surface area contributed by atoms with Crippen LogP contribution in [-0.2, 0) is 12.8 Å². The zero-order chi connectivity index (χ0) is 14.8. The molecular formula is C18H25N3. The number of nitrogens with zero attached hydrogens (tertiary/aromatic N) is 3. The van der Waals surface area contributed by atoms with Crippen LogP contribution in [-0.4, -0.2) is 43.1 Å². The summed E-state index contributed by atoms with van der Waals surface area (Å²) in [6, 6.07) is 9.04. The molecule has 0 spiro atoms. The average Bonchev–Trinajstić information content (AvgIpc) is 2.54. The van der Waals surface area contributed by atoms with E-state index in [9.17, 15) is 0 Å². The predicted molar refractivity (Wildman–Crippen MR) is 90.2 cm³/mol. The number of rotatable bonds is 3. The molecule has 0 radical (unpaired) electrons. The Morgan fingerprint density at radius 2 is 1.76 bits per heavy atom. The summed E-state index contributed by atoms with van der Waals surface area (Å²) in [5, 5.41) is 1.33. The van der Waals surface area contributed by atoms with Gasteiger partial charge in [0, 0.05) is 42.9 Å². The summed E-state index contributed by atoms with van der Waals surface area (Å²) in [5.41, 5.74) is 5.11. The molecule has 0 unspecified atom stereocenters. The quantitative estimate of drug-likeness (QED) is 0.863. The smallest absolute Gasteiger partial charge is 0.0709 e. The molecule has 0 bridgehead atoms. The molecular weight excluding hydrogens is 258 g/mol. The van der Waals surface area contributed by atoms with Crippen LogP contribution < -0.4 is 4.90 Å². The van der Waals surface area contributed by atoms with E-state index in [0.29, 0.717) is 0 Å². The van der Waals surface area contributed by atoms with Gasteiger partial charge in [-0.1, -0.05) is 13.8 Å². The van der Waals surface area contributed by atoms with E-state index in [0.717, 1.165) is 44.5 Å². The summed E-state index contributed by atoms with van der Waals surface area (Å²) in [5.74, 6) is 0. The van der Waals surface area contributed by atoms with E-state index in [4.69, 9.17) is 4.98 Å². The molecule has 1 aromatic heterocycles. The van der Waals surface area contributed by atoms with Gasteiger partial charge in [0.25, 0.3) is 0 Å². The first-order chi connectivity index (χ1) is 10.2. The molecule has 0 N–H and O–H groups in total. The first-order valence-electron chi connectivity index (χ1n) is 8.07. The maximum absolute atomic E-state index is 4.77. The standard InChI is InChI=1S/C18H25N3/c1-4-14-12-15(5-2)19-18-7-6-16(13-17(14)18)21-10-8-20(3)9-11-21/h6-7,12-13H,4-5,8-11H2,1-3H3. The molecule has 0 saturated carbocycles. The topological polar surface area (TPSA) is 19.4 Å². The van der Waals surface area contributed by atoms with Crippen molar-refractivity contribution in [3.8, 4) is 0 Å². The monoisotopic (exact) mass is 283 g/mol. The van der Waals surface area contributed by atoms with Crippen molar-refractivity contribution in [2.45, 2.75) is 26.7 Å². The van der Waals surface area contributed by atoms with Gasteiger partial charge in [0.1, 0.15) is 0 Å². The summed E-state index contributed by atoms with van der Waals surface area (Å²) < 4.78 is 0. The lowest BCUT2D eigenvalue weighted by Gasteiger charge is -2.34. The average molecular weight is 283 g/mol. The van der Waals surface area contributed by atoms with E-state index in [1.807, 2.05) is 0 Å². The molecule has 3 nitrogen and oxygen atoms in total. The van der Waals surface area contributed by atoms with Crippen molar-refractivity contribution in [2.75, 3.05) is 38.1 Å². The highest BCUT2D eigenvalue weighted by atomic mass is 15.2. The van der Waals surface area contributed by atoms with Crippen LogP contribution in [0.15, 0.2) is 24.3 Å². The Kier molecular flexibility index (Phi) is 4.11. The molecule has 2 heterocycles. The van der Waals surface area contributed by atoms with Crippen LogP contribution in [0, 0.1) is 0 Å². The van der Waals surface area contributed by atoms with Crippen molar-refractivity contribution in [3.63, 3.8) is 0 Å². The van der Waals surface area contributed by atoms with E-state index in [1.54, 1.807) is 0 Å². The summed E-state index contributed by atoms with van der Waals surface area (Å²) >= 11 is 0. The Labute approximate surface area is 127 Å². The van der Waals surface area contributed by atoms with E-state index < -0.39 is 0 Å². The fraction of sp³-hybridized carbons (Fsp3) is 0.500.